The lowest BCUT2D eigenvalue weighted by Gasteiger charge is -2.09. The highest BCUT2D eigenvalue weighted by Gasteiger charge is 2.15. The third-order valence-electron chi connectivity index (χ3n) is 4.29. The summed E-state index contributed by atoms with van der Waals surface area (Å²) in [6.45, 7) is 3.41. The van der Waals surface area contributed by atoms with E-state index in [1.54, 1.807) is 13.8 Å². The molecule has 5 nitrogen and oxygen atoms in total. The molecule has 2 aromatic carbocycles. The number of nitrogens with zero attached hydrogens (tertiary/aromatic N) is 2. The number of rotatable bonds is 4. The van der Waals surface area contributed by atoms with Gasteiger partial charge in [0.25, 0.3) is 5.56 Å². The van der Waals surface area contributed by atoms with Crippen LogP contribution in [0.2, 0.25) is 0 Å². The zero-order valence-corrected chi connectivity index (χ0v) is 15.8. The highest BCUT2D eigenvalue weighted by Crippen LogP contribution is 2.32. The molecule has 4 aromatic rings. The van der Waals surface area contributed by atoms with E-state index in [1.807, 2.05) is 35.7 Å². The molecule has 0 radical (unpaired) electrons. The van der Waals surface area contributed by atoms with E-state index < -0.39 is 5.97 Å². The molecule has 0 aliphatic heterocycles. The number of esters is 1. The standard InChI is InChI=1S/C21H18N2O3S/c1-13(2)26-18(24)10-23-12-22-20-19(21(23)25)17(11-27-20)16-8-7-14-5-3-4-6-15(14)9-16/h3-9,11-13H,10H2,1-2H3. The van der Waals surface area contributed by atoms with Crippen LogP contribution in [0, 0.1) is 0 Å². The number of aromatic nitrogens is 2. The summed E-state index contributed by atoms with van der Waals surface area (Å²) in [7, 11) is 0. The van der Waals surface area contributed by atoms with Crippen LogP contribution in [0.3, 0.4) is 0 Å². The van der Waals surface area contributed by atoms with Crippen LogP contribution < -0.4 is 5.56 Å². The van der Waals surface area contributed by atoms with Crippen LogP contribution in [0.25, 0.3) is 32.1 Å². The van der Waals surface area contributed by atoms with Gasteiger partial charge in [-0.3, -0.25) is 14.2 Å². The van der Waals surface area contributed by atoms with Crippen LogP contribution >= 0.6 is 11.3 Å². The number of carbonyl (C=O) groups excluding carboxylic acids is 1. The van der Waals surface area contributed by atoms with Crippen molar-refractivity contribution in [1.29, 1.82) is 0 Å². The van der Waals surface area contributed by atoms with E-state index in [2.05, 4.69) is 17.1 Å². The van der Waals surface area contributed by atoms with Crippen LogP contribution in [0.5, 0.6) is 0 Å². The first-order chi connectivity index (χ1) is 13.0. The van der Waals surface area contributed by atoms with Gasteiger partial charge in [0.1, 0.15) is 11.4 Å². The maximum absolute atomic E-state index is 13.0. The average Bonchev–Trinajstić information content (AvgIpc) is 3.08. The Labute approximate surface area is 159 Å². The van der Waals surface area contributed by atoms with Crippen LogP contribution in [-0.2, 0) is 16.1 Å². The number of fused-ring (bicyclic) bond motifs is 2. The third kappa shape index (κ3) is 3.36. The van der Waals surface area contributed by atoms with Gasteiger partial charge in [-0.25, -0.2) is 4.98 Å². The molecule has 0 atom stereocenters. The normalized spacial score (nSPS) is 11.4. The minimum absolute atomic E-state index is 0.146. The molecular weight excluding hydrogens is 360 g/mol. The lowest BCUT2D eigenvalue weighted by Crippen LogP contribution is -2.26. The molecule has 2 heterocycles. The summed E-state index contributed by atoms with van der Waals surface area (Å²) in [5.41, 5.74) is 1.57. The summed E-state index contributed by atoms with van der Waals surface area (Å²) >= 11 is 1.43. The molecule has 2 aromatic heterocycles. The molecule has 0 fully saturated rings. The first kappa shape index (κ1) is 17.4. The number of hydrogen-bond donors (Lipinski definition) is 0. The van der Waals surface area contributed by atoms with Crippen molar-refractivity contribution in [3.05, 3.63) is 64.5 Å². The first-order valence-electron chi connectivity index (χ1n) is 8.68. The van der Waals surface area contributed by atoms with Crippen molar-refractivity contribution in [2.24, 2.45) is 0 Å². The molecule has 0 amide bonds. The van der Waals surface area contributed by atoms with E-state index in [-0.39, 0.29) is 18.2 Å². The van der Waals surface area contributed by atoms with Gasteiger partial charge < -0.3 is 4.74 Å². The quantitative estimate of drug-likeness (QED) is 0.499. The van der Waals surface area contributed by atoms with Gasteiger partial charge in [-0.2, -0.15) is 0 Å². The Morgan fingerprint density at radius 1 is 1.19 bits per heavy atom. The predicted octanol–water partition coefficient (Wildman–Crippen LogP) is 4.23. The summed E-state index contributed by atoms with van der Waals surface area (Å²) in [5.74, 6) is -0.448. The minimum Gasteiger partial charge on any atom is -0.462 e. The average molecular weight is 378 g/mol. The molecule has 0 spiro atoms. The predicted molar refractivity (Wildman–Crippen MR) is 108 cm³/mol. The summed E-state index contributed by atoms with van der Waals surface area (Å²) < 4.78 is 6.45. The Balaban J connectivity index is 1.80. The summed E-state index contributed by atoms with van der Waals surface area (Å²) in [4.78, 5) is 30.0. The second kappa shape index (κ2) is 6.96. The van der Waals surface area contributed by atoms with Crippen LogP contribution in [0.4, 0.5) is 0 Å². The molecular formula is C21H18N2O3S. The lowest BCUT2D eigenvalue weighted by atomic mass is 10.0. The van der Waals surface area contributed by atoms with E-state index in [4.69, 9.17) is 4.74 Å². The summed E-state index contributed by atoms with van der Waals surface area (Å²) in [6, 6.07) is 14.2. The van der Waals surface area contributed by atoms with Crippen molar-refractivity contribution in [3.63, 3.8) is 0 Å². The van der Waals surface area contributed by atoms with Gasteiger partial charge in [-0.15, -0.1) is 11.3 Å². The van der Waals surface area contributed by atoms with Crippen molar-refractivity contribution in [3.8, 4) is 11.1 Å². The fraction of sp³-hybridized carbons (Fsp3) is 0.190. The van der Waals surface area contributed by atoms with Crippen molar-refractivity contribution in [2.75, 3.05) is 0 Å². The van der Waals surface area contributed by atoms with Crippen LogP contribution in [0.1, 0.15) is 13.8 Å². The number of benzene rings is 2. The van der Waals surface area contributed by atoms with Gasteiger partial charge in [0.2, 0.25) is 0 Å². The maximum Gasteiger partial charge on any atom is 0.326 e. The zero-order valence-electron chi connectivity index (χ0n) is 15.0. The van der Waals surface area contributed by atoms with Crippen molar-refractivity contribution >= 4 is 38.3 Å². The smallest absolute Gasteiger partial charge is 0.326 e. The van der Waals surface area contributed by atoms with E-state index in [0.717, 1.165) is 21.9 Å². The number of hydrogen-bond acceptors (Lipinski definition) is 5. The fourth-order valence-electron chi connectivity index (χ4n) is 3.09. The monoisotopic (exact) mass is 378 g/mol. The second-order valence-corrected chi connectivity index (χ2v) is 7.47. The first-order valence-corrected chi connectivity index (χ1v) is 9.56. The number of ether oxygens (including phenoxy) is 1. The molecule has 4 rings (SSSR count). The summed E-state index contributed by atoms with van der Waals surface area (Å²) in [6.07, 6.45) is 1.19. The molecule has 0 saturated heterocycles. The Bertz CT molecular complexity index is 1210. The second-order valence-electron chi connectivity index (χ2n) is 6.61. The minimum atomic E-state index is -0.448. The van der Waals surface area contributed by atoms with E-state index in [9.17, 15) is 9.59 Å². The van der Waals surface area contributed by atoms with Gasteiger partial charge in [-0.1, -0.05) is 36.4 Å². The van der Waals surface area contributed by atoms with Gasteiger partial charge in [-0.05, 0) is 36.2 Å². The van der Waals surface area contributed by atoms with E-state index in [1.165, 1.54) is 22.2 Å². The largest absolute Gasteiger partial charge is 0.462 e. The van der Waals surface area contributed by atoms with Gasteiger partial charge in [0, 0.05) is 10.9 Å². The summed E-state index contributed by atoms with van der Waals surface area (Å²) in [5, 5.41) is 4.74. The molecule has 0 aliphatic carbocycles. The Morgan fingerprint density at radius 3 is 2.74 bits per heavy atom. The molecule has 0 N–H and O–H groups in total. The SMILES string of the molecule is CC(C)OC(=O)Cn1cnc2scc(-c3ccc4ccccc4c3)c2c1=O. The van der Waals surface area contributed by atoms with Crippen LogP contribution in [-0.4, -0.2) is 21.6 Å². The molecule has 0 saturated carbocycles. The topological polar surface area (TPSA) is 61.2 Å². The molecule has 0 bridgehead atoms. The highest BCUT2D eigenvalue weighted by molar-refractivity contribution is 7.17. The van der Waals surface area contributed by atoms with Gasteiger partial charge in [0.05, 0.1) is 17.8 Å². The number of thiophene rings is 1. The van der Waals surface area contributed by atoms with Crippen molar-refractivity contribution < 1.29 is 9.53 Å². The van der Waals surface area contributed by atoms with Crippen molar-refractivity contribution in [2.45, 2.75) is 26.5 Å². The van der Waals surface area contributed by atoms with Crippen molar-refractivity contribution in [1.82, 2.24) is 9.55 Å². The van der Waals surface area contributed by atoms with Crippen LogP contribution in [0.15, 0.2) is 59.0 Å². The maximum atomic E-state index is 13.0. The molecule has 136 valence electrons. The zero-order chi connectivity index (χ0) is 19.0. The van der Waals surface area contributed by atoms with Gasteiger partial charge in [0.15, 0.2) is 0 Å². The third-order valence-corrected chi connectivity index (χ3v) is 5.17. The number of carbonyl (C=O) groups is 1. The fourth-order valence-corrected chi connectivity index (χ4v) is 4.00. The Kier molecular flexibility index (Phi) is 4.49. The molecule has 0 unspecified atom stereocenters. The molecule has 27 heavy (non-hydrogen) atoms. The Hall–Kier alpha value is -2.99. The van der Waals surface area contributed by atoms with E-state index >= 15 is 0 Å². The van der Waals surface area contributed by atoms with Gasteiger partial charge >= 0.3 is 5.97 Å². The van der Waals surface area contributed by atoms with E-state index in [0.29, 0.717) is 10.2 Å². The Morgan fingerprint density at radius 2 is 1.96 bits per heavy atom. The molecule has 0 aliphatic rings. The lowest BCUT2D eigenvalue weighted by molar-refractivity contribution is -0.148. The molecule has 6 heteroatoms. The highest BCUT2D eigenvalue weighted by atomic mass is 32.1.